The SMILES string of the molecule is Cc1cc(C(N)=O)ccc1-c1cccc(O)c1. The van der Waals surface area contributed by atoms with Crippen LogP contribution in [-0.4, -0.2) is 11.0 Å². The van der Waals surface area contributed by atoms with E-state index in [2.05, 4.69) is 0 Å². The van der Waals surface area contributed by atoms with E-state index in [9.17, 15) is 9.90 Å². The van der Waals surface area contributed by atoms with Crippen LogP contribution in [0, 0.1) is 6.92 Å². The van der Waals surface area contributed by atoms with Crippen LogP contribution in [0.2, 0.25) is 0 Å². The molecule has 0 aliphatic carbocycles. The highest BCUT2D eigenvalue weighted by Gasteiger charge is 2.06. The van der Waals surface area contributed by atoms with E-state index in [0.717, 1.165) is 16.7 Å². The summed E-state index contributed by atoms with van der Waals surface area (Å²) in [5, 5.41) is 9.43. The topological polar surface area (TPSA) is 63.3 Å². The standard InChI is InChI=1S/C14H13NO2/c1-9-7-11(14(15)17)5-6-13(9)10-3-2-4-12(16)8-10/h2-8,16H,1H3,(H2,15,17). The zero-order chi connectivity index (χ0) is 12.4. The van der Waals surface area contributed by atoms with E-state index in [-0.39, 0.29) is 5.75 Å². The number of amides is 1. The van der Waals surface area contributed by atoms with Crippen LogP contribution in [0.3, 0.4) is 0 Å². The molecule has 0 spiro atoms. The number of carbonyl (C=O) groups excluding carboxylic acids is 1. The van der Waals surface area contributed by atoms with Crippen molar-refractivity contribution in [1.29, 1.82) is 0 Å². The van der Waals surface area contributed by atoms with Crippen molar-refractivity contribution in [3.63, 3.8) is 0 Å². The molecule has 17 heavy (non-hydrogen) atoms. The molecule has 0 unspecified atom stereocenters. The highest BCUT2D eigenvalue weighted by molar-refractivity contribution is 5.93. The van der Waals surface area contributed by atoms with Crippen LogP contribution in [0.15, 0.2) is 42.5 Å². The van der Waals surface area contributed by atoms with Gasteiger partial charge in [0.05, 0.1) is 0 Å². The Labute approximate surface area is 99.5 Å². The minimum atomic E-state index is -0.435. The third kappa shape index (κ3) is 2.28. The van der Waals surface area contributed by atoms with Gasteiger partial charge in [0.2, 0.25) is 5.91 Å². The predicted molar refractivity (Wildman–Crippen MR) is 66.8 cm³/mol. The number of aryl methyl sites for hydroxylation is 1. The monoisotopic (exact) mass is 227 g/mol. The first-order valence-electron chi connectivity index (χ1n) is 5.28. The molecule has 3 heteroatoms. The number of benzene rings is 2. The molecular formula is C14H13NO2. The van der Waals surface area contributed by atoms with Crippen LogP contribution in [0.4, 0.5) is 0 Å². The van der Waals surface area contributed by atoms with Crippen LogP contribution in [-0.2, 0) is 0 Å². The lowest BCUT2D eigenvalue weighted by Gasteiger charge is -2.07. The second-order valence-electron chi connectivity index (χ2n) is 3.94. The van der Waals surface area contributed by atoms with Gasteiger partial charge in [-0.2, -0.15) is 0 Å². The zero-order valence-corrected chi connectivity index (χ0v) is 9.47. The Hall–Kier alpha value is -2.29. The Balaban J connectivity index is 2.50. The Morgan fingerprint density at radius 2 is 1.94 bits per heavy atom. The van der Waals surface area contributed by atoms with Gasteiger partial charge in [0.1, 0.15) is 5.75 Å². The molecule has 0 aliphatic rings. The molecule has 0 saturated heterocycles. The van der Waals surface area contributed by atoms with E-state index in [1.54, 1.807) is 30.3 Å². The van der Waals surface area contributed by atoms with Gasteiger partial charge in [0, 0.05) is 5.56 Å². The Kier molecular flexibility index (Phi) is 2.83. The Morgan fingerprint density at radius 1 is 1.18 bits per heavy atom. The fourth-order valence-electron chi connectivity index (χ4n) is 1.81. The summed E-state index contributed by atoms with van der Waals surface area (Å²) in [4.78, 5) is 11.0. The summed E-state index contributed by atoms with van der Waals surface area (Å²) in [5.41, 5.74) is 8.55. The molecule has 0 aliphatic heterocycles. The summed E-state index contributed by atoms with van der Waals surface area (Å²) in [6.07, 6.45) is 0. The molecule has 2 aromatic rings. The highest BCUT2D eigenvalue weighted by atomic mass is 16.3. The van der Waals surface area contributed by atoms with Crippen LogP contribution >= 0.6 is 0 Å². The highest BCUT2D eigenvalue weighted by Crippen LogP contribution is 2.26. The number of rotatable bonds is 2. The van der Waals surface area contributed by atoms with Crippen molar-refractivity contribution in [1.82, 2.24) is 0 Å². The van der Waals surface area contributed by atoms with Crippen LogP contribution < -0.4 is 5.73 Å². The molecule has 0 fully saturated rings. The molecule has 0 atom stereocenters. The molecule has 2 rings (SSSR count). The summed E-state index contributed by atoms with van der Waals surface area (Å²) in [5.74, 6) is -0.212. The van der Waals surface area contributed by atoms with Gasteiger partial charge >= 0.3 is 0 Å². The lowest BCUT2D eigenvalue weighted by atomic mass is 9.98. The van der Waals surface area contributed by atoms with E-state index in [1.165, 1.54) is 0 Å². The average molecular weight is 227 g/mol. The summed E-state index contributed by atoms with van der Waals surface area (Å²) >= 11 is 0. The molecule has 0 radical (unpaired) electrons. The first-order valence-corrected chi connectivity index (χ1v) is 5.28. The number of phenolic OH excluding ortho intramolecular Hbond substituents is 1. The van der Waals surface area contributed by atoms with Gasteiger partial charge < -0.3 is 10.8 Å². The van der Waals surface area contributed by atoms with Gasteiger partial charge in [-0.1, -0.05) is 18.2 Å². The Bertz CT molecular complexity index is 576. The third-order valence-corrected chi connectivity index (χ3v) is 2.67. The minimum Gasteiger partial charge on any atom is -0.508 e. The largest absolute Gasteiger partial charge is 0.508 e. The summed E-state index contributed by atoms with van der Waals surface area (Å²) in [6.45, 7) is 1.91. The number of carbonyl (C=O) groups is 1. The first kappa shape index (κ1) is 11.2. The molecule has 3 nitrogen and oxygen atoms in total. The molecule has 0 aromatic heterocycles. The number of phenols is 1. The van der Waals surface area contributed by atoms with Crippen molar-refractivity contribution in [2.75, 3.05) is 0 Å². The maximum Gasteiger partial charge on any atom is 0.248 e. The van der Waals surface area contributed by atoms with E-state index in [1.807, 2.05) is 19.1 Å². The first-order chi connectivity index (χ1) is 8.08. The van der Waals surface area contributed by atoms with Gasteiger partial charge in [-0.15, -0.1) is 0 Å². The van der Waals surface area contributed by atoms with E-state index < -0.39 is 5.91 Å². The maximum atomic E-state index is 11.0. The smallest absolute Gasteiger partial charge is 0.248 e. The molecule has 86 valence electrons. The second-order valence-corrected chi connectivity index (χ2v) is 3.94. The number of nitrogens with two attached hydrogens (primary N) is 1. The minimum absolute atomic E-state index is 0.223. The number of primary amides is 1. The number of hydrogen-bond acceptors (Lipinski definition) is 2. The van der Waals surface area contributed by atoms with Gasteiger partial charge in [-0.05, 0) is 47.9 Å². The molecule has 2 aromatic carbocycles. The summed E-state index contributed by atoms with van der Waals surface area (Å²) in [6, 6.07) is 12.3. The maximum absolute atomic E-state index is 11.0. The predicted octanol–water partition coefficient (Wildman–Crippen LogP) is 2.47. The van der Waals surface area contributed by atoms with Crippen LogP contribution in [0.1, 0.15) is 15.9 Å². The van der Waals surface area contributed by atoms with Gasteiger partial charge in [0.25, 0.3) is 0 Å². The fourth-order valence-corrected chi connectivity index (χ4v) is 1.81. The van der Waals surface area contributed by atoms with Crippen molar-refractivity contribution >= 4 is 5.91 Å². The molecule has 3 N–H and O–H groups in total. The van der Waals surface area contributed by atoms with Crippen molar-refractivity contribution in [2.45, 2.75) is 6.92 Å². The van der Waals surface area contributed by atoms with E-state index >= 15 is 0 Å². The second kappa shape index (κ2) is 4.29. The lowest BCUT2D eigenvalue weighted by molar-refractivity contribution is 0.1000. The third-order valence-electron chi connectivity index (χ3n) is 2.67. The van der Waals surface area contributed by atoms with Crippen LogP contribution in [0.25, 0.3) is 11.1 Å². The molecular weight excluding hydrogens is 214 g/mol. The molecule has 0 bridgehead atoms. The Morgan fingerprint density at radius 3 is 2.53 bits per heavy atom. The van der Waals surface area contributed by atoms with Crippen LogP contribution in [0.5, 0.6) is 5.75 Å². The van der Waals surface area contributed by atoms with Gasteiger partial charge in [-0.3, -0.25) is 4.79 Å². The van der Waals surface area contributed by atoms with Crippen molar-refractivity contribution < 1.29 is 9.90 Å². The quantitative estimate of drug-likeness (QED) is 0.827. The molecule has 0 heterocycles. The summed E-state index contributed by atoms with van der Waals surface area (Å²) in [7, 11) is 0. The summed E-state index contributed by atoms with van der Waals surface area (Å²) < 4.78 is 0. The fraction of sp³-hybridized carbons (Fsp3) is 0.0714. The normalized spacial score (nSPS) is 10.2. The average Bonchev–Trinajstić information content (AvgIpc) is 2.28. The zero-order valence-electron chi connectivity index (χ0n) is 9.47. The van der Waals surface area contributed by atoms with Crippen molar-refractivity contribution in [3.05, 3.63) is 53.6 Å². The van der Waals surface area contributed by atoms with Gasteiger partial charge in [0.15, 0.2) is 0 Å². The molecule has 1 amide bonds. The number of hydrogen-bond donors (Lipinski definition) is 2. The van der Waals surface area contributed by atoms with Gasteiger partial charge in [-0.25, -0.2) is 0 Å². The molecule has 0 saturated carbocycles. The lowest BCUT2D eigenvalue weighted by Crippen LogP contribution is -2.10. The number of aromatic hydroxyl groups is 1. The van der Waals surface area contributed by atoms with E-state index in [0.29, 0.717) is 5.56 Å². The van der Waals surface area contributed by atoms with Crippen molar-refractivity contribution in [2.24, 2.45) is 5.73 Å². The van der Waals surface area contributed by atoms with E-state index in [4.69, 9.17) is 5.73 Å². The van der Waals surface area contributed by atoms with Crippen molar-refractivity contribution in [3.8, 4) is 16.9 Å².